The molecule has 27 heavy (non-hydrogen) atoms. The summed E-state index contributed by atoms with van der Waals surface area (Å²) < 4.78 is 1.06. The van der Waals surface area contributed by atoms with Crippen molar-refractivity contribution in [2.45, 2.75) is 18.7 Å². The molecule has 0 atom stereocenters. The predicted octanol–water partition coefficient (Wildman–Crippen LogP) is 5.17. The van der Waals surface area contributed by atoms with Crippen molar-refractivity contribution in [3.8, 4) is 5.75 Å². The summed E-state index contributed by atoms with van der Waals surface area (Å²) in [4.78, 5) is 13.2. The minimum atomic E-state index is -0.198. The van der Waals surface area contributed by atoms with Gasteiger partial charge in [0.05, 0.1) is 12.0 Å². The first-order chi connectivity index (χ1) is 13.0. The number of rotatable bonds is 5. The number of aromatic hydroxyl groups is 1. The molecule has 0 radical (unpaired) electrons. The van der Waals surface area contributed by atoms with E-state index in [9.17, 15) is 9.90 Å². The molecule has 0 saturated carbocycles. The Kier molecular flexibility index (Phi) is 6.19. The number of hydrazone groups is 1. The highest BCUT2D eigenvalue weighted by Crippen LogP contribution is 2.28. The Labute approximate surface area is 170 Å². The molecule has 4 nitrogen and oxygen atoms in total. The van der Waals surface area contributed by atoms with Crippen LogP contribution < -0.4 is 5.43 Å². The van der Waals surface area contributed by atoms with Crippen molar-refractivity contribution >= 4 is 50.6 Å². The van der Waals surface area contributed by atoms with Crippen LogP contribution in [0.15, 0.2) is 63.0 Å². The van der Waals surface area contributed by atoms with Gasteiger partial charge in [0.1, 0.15) is 5.75 Å². The smallest absolute Gasteiger partial charge is 0.250 e. The second-order valence-corrected chi connectivity index (χ2v) is 8.04. The largest absolute Gasteiger partial charge is 0.507 e. The Bertz CT molecular complexity index is 1030. The number of fused-ring (bicyclic) bond motifs is 1. The zero-order valence-electron chi connectivity index (χ0n) is 15.0. The number of benzene rings is 3. The van der Waals surface area contributed by atoms with Crippen LogP contribution in [-0.2, 0) is 4.79 Å². The molecule has 3 aromatic carbocycles. The molecule has 0 aliphatic carbocycles. The van der Waals surface area contributed by atoms with E-state index in [-0.39, 0.29) is 17.4 Å². The van der Waals surface area contributed by atoms with Gasteiger partial charge in [-0.05, 0) is 53.9 Å². The number of carbonyl (C=O) groups excluding carboxylic acids is 1. The third-order valence-corrected chi connectivity index (χ3v) is 6.16. The van der Waals surface area contributed by atoms with Crippen LogP contribution in [0.5, 0.6) is 5.75 Å². The monoisotopic (exact) mass is 442 g/mol. The second kappa shape index (κ2) is 8.59. The molecular weight excluding hydrogens is 424 g/mol. The maximum Gasteiger partial charge on any atom is 0.250 e. The zero-order chi connectivity index (χ0) is 19.4. The number of aryl methyl sites for hydroxylation is 2. The van der Waals surface area contributed by atoms with Crippen LogP contribution in [0.2, 0.25) is 0 Å². The third kappa shape index (κ3) is 4.70. The summed E-state index contributed by atoms with van der Waals surface area (Å²) >= 11 is 4.99. The molecule has 0 aliphatic rings. The summed E-state index contributed by atoms with van der Waals surface area (Å²) in [5.41, 5.74) is 5.36. The Morgan fingerprint density at radius 2 is 1.96 bits per heavy atom. The number of hydrogen-bond donors (Lipinski definition) is 2. The summed E-state index contributed by atoms with van der Waals surface area (Å²) in [5.74, 6) is 0.193. The van der Waals surface area contributed by atoms with E-state index in [1.54, 1.807) is 6.07 Å². The molecule has 0 heterocycles. The average Bonchev–Trinajstić information content (AvgIpc) is 2.65. The summed E-state index contributed by atoms with van der Waals surface area (Å²) in [7, 11) is 0. The quantitative estimate of drug-likeness (QED) is 0.325. The summed E-state index contributed by atoms with van der Waals surface area (Å²) in [6.07, 6.45) is 1.48. The molecule has 3 aromatic rings. The SMILES string of the molecule is Cc1cc(SCC(=O)NN=Cc2c(O)ccc3ccccc23)c(C)cc1Br. The lowest BCUT2D eigenvalue weighted by Crippen LogP contribution is -2.19. The molecular formula is C21H19BrN2O2S. The average molecular weight is 443 g/mol. The second-order valence-electron chi connectivity index (χ2n) is 6.17. The number of thioether (sulfide) groups is 1. The molecule has 0 aliphatic heterocycles. The van der Waals surface area contributed by atoms with Gasteiger partial charge in [-0.3, -0.25) is 4.79 Å². The van der Waals surface area contributed by atoms with Crippen LogP contribution >= 0.6 is 27.7 Å². The minimum absolute atomic E-state index is 0.127. The number of carbonyl (C=O) groups is 1. The van der Waals surface area contributed by atoms with E-state index in [0.717, 1.165) is 31.3 Å². The highest BCUT2D eigenvalue weighted by Gasteiger charge is 2.08. The molecule has 0 saturated heterocycles. The number of amides is 1. The van der Waals surface area contributed by atoms with Crippen molar-refractivity contribution < 1.29 is 9.90 Å². The Hall–Kier alpha value is -2.31. The molecule has 3 rings (SSSR count). The van der Waals surface area contributed by atoms with Crippen LogP contribution in [0.1, 0.15) is 16.7 Å². The Balaban J connectivity index is 1.65. The first kappa shape index (κ1) is 19.5. The fourth-order valence-corrected chi connectivity index (χ4v) is 4.03. The molecule has 138 valence electrons. The molecule has 0 bridgehead atoms. The van der Waals surface area contributed by atoms with Crippen molar-refractivity contribution in [3.05, 3.63) is 69.7 Å². The van der Waals surface area contributed by atoms with E-state index in [0.29, 0.717) is 5.56 Å². The number of phenolic OH excluding ortho intramolecular Hbond substituents is 1. The molecule has 2 N–H and O–H groups in total. The Morgan fingerprint density at radius 3 is 2.78 bits per heavy atom. The minimum Gasteiger partial charge on any atom is -0.507 e. The number of phenols is 1. The van der Waals surface area contributed by atoms with E-state index < -0.39 is 0 Å². The van der Waals surface area contributed by atoms with Gasteiger partial charge in [0.25, 0.3) is 0 Å². The maximum atomic E-state index is 12.1. The topological polar surface area (TPSA) is 61.7 Å². The van der Waals surface area contributed by atoms with Gasteiger partial charge in [0, 0.05) is 14.9 Å². The van der Waals surface area contributed by atoms with E-state index in [1.807, 2.05) is 44.2 Å². The van der Waals surface area contributed by atoms with Gasteiger partial charge in [0.15, 0.2) is 0 Å². The van der Waals surface area contributed by atoms with Crippen LogP contribution in [-0.4, -0.2) is 23.0 Å². The van der Waals surface area contributed by atoms with Crippen LogP contribution in [0, 0.1) is 13.8 Å². The predicted molar refractivity (Wildman–Crippen MR) is 116 cm³/mol. The third-order valence-electron chi connectivity index (χ3n) is 4.15. The highest BCUT2D eigenvalue weighted by molar-refractivity contribution is 9.10. The van der Waals surface area contributed by atoms with E-state index in [4.69, 9.17) is 0 Å². The van der Waals surface area contributed by atoms with Gasteiger partial charge >= 0.3 is 0 Å². The zero-order valence-corrected chi connectivity index (χ0v) is 17.4. The molecule has 6 heteroatoms. The normalized spacial score (nSPS) is 11.2. The maximum absolute atomic E-state index is 12.1. The first-order valence-electron chi connectivity index (χ1n) is 8.38. The lowest BCUT2D eigenvalue weighted by molar-refractivity contribution is -0.118. The number of hydrogen-bond acceptors (Lipinski definition) is 4. The van der Waals surface area contributed by atoms with Gasteiger partial charge < -0.3 is 5.11 Å². The fourth-order valence-electron chi connectivity index (χ4n) is 2.67. The van der Waals surface area contributed by atoms with Crippen molar-refractivity contribution in [1.82, 2.24) is 5.43 Å². The summed E-state index contributed by atoms with van der Waals surface area (Å²) in [5, 5.41) is 16.0. The van der Waals surface area contributed by atoms with E-state index in [2.05, 4.69) is 38.6 Å². The highest BCUT2D eigenvalue weighted by atomic mass is 79.9. The number of halogens is 1. The molecule has 0 spiro atoms. The fraction of sp³-hybridized carbons (Fsp3) is 0.143. The van der Waals surface area contributed by atoms with Crippen molar-refractivity contribution in [2.75, 3.05) is 5.75 Å². The van der Waals surface area contributed by atoms with Crippen LogP contribution in [0.3, 0.4) is 0 Å². The van der Waals surface area contributed by atoms with Gasteiger partial charge in [-0.25, -0.2) is 5.43 Å². The lowest BCUT2D eigenvalue weighted by atomic mass is 10.0. The molecule has 0 unspecified atom stereocenters. The van der Waals surface area contributed by atoms with Gasteiger partial charge in [0.2, 0.25) is 5.91 Å². The van der Waals surface area contributed by atoms with Crippen molar-refractivity contribution in [2.24, 2.45) is 5.10 Å². The summed E-state index contributed by atoms with van der Waals surface area (Å²) in [6.45, 7) is 4.04. The standard InChI is InChI=1S/C21H19BrN2O2S/c1-13-10-20(14(2)9-18(13)22)27-12-21(26)24-23-11-17-16-6-4-3-5-15(16)7-8-19(17)25/h3-11,25H,12H2,1-2H3,(H,24,26). The van der Waals surface area contributed by atoms with E-state index >= 15 is 0 Å². The Morgan fingerprint density at radius 1 is 1.19 bits per heavy atom. The van der Waals surface area contributed by atoms with Crippen LogP contribution in [0.4, 0.5) is 0 Å². The van der Waals surface area contributed by atoms with Crippen molar-refractivity contribution in [3.63, 3.8) is 0 Å². The van der Waals surface area contributed by atoms with Gasteiger partial charge in [-0.2, -0.15) is 5.10 Å². The summed E-state index contributed by atoms with van der Waals surface area (Å²) in [6, 6.07) is 15.3. The number of nitrogens with one attached hydrogen (secondary N) is 1. The first-order valence-corrected chi connectivity index (χ1v) is 10.2. The number of nitrogens with zero attached hydrogens (tertiary/aromatic N) is 1. The molecule has 0 fully saturated rings. The molecule has 0 aromatic heterocycles. The van der Waals surface area contributed by atoms with Crippen LogP contribution in [0.25, 0.3) is 10.8 Å². The van der Waals surface area contributed by atoms with Crippen molar-refractivity contribution in [1.29, 1.82) is 0 Å². The van der Waals surface area contributed by atoms with Gasteiger partial charge in [-0.15, -0.1) is 11.8 Å². The van der Waals surface area contributed by atoms with E-state index in [1.165, 1.54) is 18.0 Å². The van der Waals surface area contributed by atoms with Gasteiger partial charge in [-0.1, -0.05) is 46.3 Å². The lowest BCUT2D eigenvalue weighted by Gasteiger charge is -2.08. The molecule has 1 amide bonds.